The number of alkyl halides is 3. The van der Waals surface area contributed by atoms with Gasteiger partial charge in [-0.1, -0.05) is 24.3 Å². The van der Waals surface area contributed by atoms with Crippen LogP contribution >= 0.6 is 0 Å². The van der Waals surface area contributed by atoms with E-state index >= 15 is 0 Å². The Kier molecular flexibility index (Phi) is 7.56. The van der Waals surface area contributed by atoms with Gasteiger partial charge in [-0.15, -0.1) is 0 Å². The number of fused-ring (bicyclic) bond motifs is 1. The molecule has 0 unspecified atom stereocenters. The van der Waals surface area contributed by atoms with Crippen LogP contribution in [0.1, 0.15) is 43.2 Å². The monoisotopic (exact) mass is 565 g/mol. The number of piperidine rings is 1. The van der Waals surface area contributed by atoms with E-state index in [9.17, 15) is 36.3 Å². The summed E-state index contributed by atoms with van der Waals surface area (Å²) < 4.78 is 70.0. The summed E-state index contributed by atoms with van der Waals surface area (Å²) in [5.41, 5.74) is 1.11. The Bertz CT molecular complexity index is 1460. The number of hydrogen-bond acceptors (Lipinski definition) is 3. The molecule has 214 valence electrons. The second-order valence-corrected chi connectivity index (χ2v) is 10.3. The summed E-state index contributed by atoms with van der Waals surface area (Å²) in [6, 6.07) is 8.73. The molecule has 40 heavy (non-hydrogen) atoms. The van der Waals surface area contributed by atoms with Gasteiger partial charge in [0.15, 0.2) is 11.6 Å². The number of urea groups is 1. The minimum absolute atomic E-state index is 0.0409. The molecule has 2 saturated heterocycles. The zero-order chi connectivity index (χ0) is 28.6. The minimum atomic E-state index is -4.72. The van der Waals surface area contributed by atoms with E-state index in [0.717, 1.165) is 11.6 Å². The number of aromatic nitrogens is 2. The number of amides is 3. The molecule has 2 atom stereocenters. The molecule has 13 heteroatoms. The van der Waals surface area contributed by atoms with Crippen molar-refractivity contribution in [1.82, 2.24) is 24.7 Å². The summed E-state index contributed by atoms with van der Waals surface area (Å²) in [7, 11) is 0. The van der Waals surface area contributed by atoms with Gasteiger partial charge in [0, 0.05) is 31.6 Å². The quantitative estimate of drug-likeness (QED) is 0.463. The fourth-order valence-corrected chi connectivity index (χ4v) is 5.75. The maximum absolute atomic E-state index is 14.5. The molecule has 0 aliphatic carbocycles. The van der Waals surface area contributed by atoms with Crippen LogP contribution in [-0.2, 0) is 4.79 Å². The van der Waals surface area contributed by atoms with E-state index < -0.39 is 54.8 Å². The number of benzene rings is 2. The highest BCUT2D eigenvalue weighted by molar-refractivity contribution is 5.87. The maximum atomic E-state index is 14.5. The average molecular weight is 566 g/mol. The van der Waals surface area contributed by atoms with Gasteiger partial charge in [-0.25, -0.2) is 18.4 Å². The van der Waals surface area contributed by atoms with Gasteiger partial charge in [-0.3, -0.25) is 9.36 Å². The first-order valence-electron chi connectivity index (χ1n) is 13.1. The molecular formula is C27H28F5N5O3. The maximum Gasteiger partial charge on any atom is 0.406 e. The molecule has 0 bridgehead atoms. The lowest BCUT2D eigenvalue weighted by molar-refractivity contribution is -0.162. The highest BCUT2D eigenvalue weighted by Gasteiger charge is 2.40. The van der Waals surface area contributed by atoms with Gasteiger partial charge in [-0.2, -0.15) is 13.2 Å². The van der Waals surface area contributed by atoms with Gasteiger partial charge in [0.25, 0.3) is 0 Å². The topological polar surface area (TPSA) is 90.4 Å². The first kappa shape index (κ1) is 27.7. The van der Waals surface area contributed by atoms with Crippen LogP contribution in [0.3, 0.4) is 0 Å². The zero-order valence-corrected chi connectivity index (χ0v) is 21.4. The third-order valence-corrected chi connectivity index (χ3v) is 7.68. The number of carbonyl (C=O) groups excluding carboxylic acids is 2. The van der Waals surface area contributed by atoms with E-state index in [1.165, 1.54) is 17.0 Å². The highest BCUT2D eigenvalue weighted by atomic mass is 19.4. The molecule has 2 N–H and O–H groups in total. The summed E-state index contributed by atoms with van der Waals surface area (Å²) in [6.45, 7) is -1.49. The van der Waals surface area contributed by atoms with Gasteiger partial charge in [0.1, 0.15) is 12.6 Å². The summed E-state index contributed by atoms with van der Waals surface area (Å²) in [6.07, 6.45) is -3.76. The fraction of sp³-hybridized carbons (Fsp3) is 0.444. The molecule has 8 nitrogen and oxygen atoms in total. The summed E-state index contributed by atoms with van der Waals surface area (Å²) in [4.78, 5) is 43.6. The molecule has 3 aromatic rings. The molecule has 2 fully saturated rings. The Balaban J connectivity index is 1.28. The van der Waals surface area contributed by atoms with Crippen molar-refractivity contribution in [3.05, 3.63) is 70.1 Å². The van der Waals surface area contributed by atoms with Crippen LogP contribution < -0.4 is 11.0 Å². The van der Waals surface area contributed by atoms with Crippen molar-refractivity contribution in [1.29, 1.82) is 0 Å². The van der Waals surface area contributed by atoms with Gasteiger partial charge >= 0.3 is 17.9 Å². The van der Waals surface area contributed by atoms with Crippen molar-refractivity contribution >= 4 is 23.0 Å². The summed E-state index contributed by atoms with van der Waals surface area (Å²) >= 11 is 0. The number of imidazole rings is 1. The van der Waals surface area contributed by atoms with Crippen LogP contribution in [-0.4, -0.2) is 69.7 Å². The summed E-state index contributed by atoms with van der Waals surface area (Å²) in [5.74, 6) is -4.09. The SMILES string of the molecule is O=C(N[C@@H]1CC[C@@H](c2cccc(F)c2F)CN(CC(F)(F)F)C1=O)N1CCC(n2c(=O)[nH]c3ccccc32)CC1. The van der Waals surface area contributed by atoms with Crippen LogP contribution in [0.2, 0.25) is 0 Å². The second-order valence-electron chi connectivity index (χ2n) is 10.3. The van der Waals surface area contributed by atoms with Crippen molar-refractivity contribution in [3.63, 3.8) is 0 Å². The van der Waals surface area contributed by atoms with Gasteiger partial charge in [0.2, 0.25) is 5.91 Å². The lowest BCUT2D eigenvalue weighted by Crippen LogP contribution is -2.54. The number of nitrogens with one attached hydrogen (secondary N) is 2. The van der Waals surface area contributed by atoms with Crippen molar-refractivity contribution < 1.29 is 31.5 Å². The number of hydrogen-bond donors (Lipinski definition) is 2. The smallest absolute Gasteiger partial charge is 0.331 e. The summed E-state index contributed by atoms with van der Waals surface area (Å²) in [5, 5.41) is 2.57. The molecule has 0 spiro atoms. The van der Waals surface area contributed by atoms with Crippen molar-refractivity contribution in [2.45, 2.75) is 49.9 Å². The standard InChI is InChI=1S/C27H28F5N5O3/c28-19-5-3-4-18(23(19)29)16-8-9-21(24(38)36(14-16)15-27(30,31)32)34-25(39)35-12-10-17(11-13-35)37-22-7-2-1-6-20(22)33-26(37)40/h1-7,16-17,21H,8-15H2,(H,33,40)(H,34,39)/t16-,21-/m1/s1. The average Bonchev–Trinajstić information content (AvgIpc) is 3.18. The van der Waals surface area contributed by atoms with E-state index in [0.29, 0.717) is 23.3 Å². The normalized spacial score (nSPS) is 21.1. The van der Waals surface area contributed by atoms with Crippen LogP contribution in [0.5, 0.6) is 0 Å². The lowest BCUT2D eigenvalue weighted by Gasteiger charge is -2.34. The lowest BCUT2D eigenvalue weighted by atomic mass is 9.93. The number of aromatic amines is 1. The predicted octanol–water partition coefficient (Wildman–Crippen LogP) is 4.29. The third kappa shape index (κ3) is 5.68. The first-order valence-corrected chi connectivity index (χ1v) is 13.1. The molecule has 0 radical (unpaired) electrons. The Hall–Kier alpha value is -3.90. The highest BCUT2D eigenvalue weighted by Crippen LogP contribution is 2.32. The number of likely N-dealkylation sites (tertiary alicyclic amines) is 2. The molecule has 3 amide bonds. The van der Waals surface area contributed by atoms with Crippen molar-refractivity contribution in [3.8, 4) is 0 Å². The molecule has 0 saturated carbocycles. The zero-order valence-electron chi connectivity index (χ0n) is 21.4. The van der Waals surface area contributed by atoms with Crippen LogP contribution in [0, 0.1) is 11.6 Å². The Morgan fingerprint density at radius 1 is 0.975 bits per heavy atom. The van der Waals surface area contributed by atoms with Gasteiger partial charge < -0.3 is 20.1 Å². The van der Waals surface area contributed by atoms with E-state index in [1.54, 1.807) is 10.6 Å². The number of carbonyl (C=O) groups is 2. The van der Waals surface area contributed by atoms with E-state index in [1.807, 2.05) is 18.2 Å². The van der Waals surface area contributed by atoms with Crippen LogP contribution in [0.25, 0.3) is 11.0 Å². The van der Waals surface area contributed by atoms with Gasteiger partial charge in [0.05, 0.1) is 11.0 Å². The van der Waals surface area contributed by atoms with Crippen molar-refractivity contribution in [2.24, 2.45) is 0 Å². The van der Waals surface area contributed by atoms with E-state index in [-0.39, 0.29) is 43.2 Å². The molecule has 5 rings (SSSR count). The minimum Gasteiger partial charge on any atom is -0.331 e. The number of para-hydroxylation sites is 2. The number of halogens is 5. The second kappa shape index (κ2) is 10.9. The number of nitrogens with zero attached hydrogens (tertiary/aromatic N) is 3. The van der Waals surface area contributed by atoms with Gasteiger partial charge in [-0.05, 0) is 49.4 Å². The number of rotatable bonds is 4. The van der Waals surface area contributed by atoms with Crippen LogP contribution in [0.15, 0.2) is 47.3 Å². The molecule has 2 aliphatic heterocycles. The Morgan fingerprint density at radius 2 is 1.70 bits per heavy atom. The molecule has 3 heterocycles. The molecule has 2 aliphatic rings. The largest absolute Gasteiger partial charge is 0.406 e. The third-order valence-electron chi connectivity index (χ3n) is 7.68. The molecule has 2 aromatic carbocycles. The number of H-pyrrole nitrogens is 1. The fourth-order valence-electron chi connectivity index (χ4n) is 5.75. The van der Waals surface area contributed by atoms with Crippen molar-refractivity contribution in [2.75, 3.05) is 26.2 Å². The van der Waals surface area contributed by atoms with Crippen LogP contribution in [0.4, 0.5) is 26.7 Å². The molecular weight excluding hydrogens is 537 g/mol. The first-order chi connectivity index (χ1) is 19.0. The molecule has 1 aromatic heterocycles. The Labute approximate surface area is 225 Å². The predicted molar refractivity (Wildman–Crippen MR) is 136 cm³/mol. The van der Waals surface area contributed by atoms with E-state index in [2.05, 4.69) is 10.3 Å². The Morgan fingerprint density at radius 3 is 2.42 bits per heavy atom. The van der Waals surface area contributed by atoms with E-state index in [4.69, 9.17) is 0 Å².